The molecule has 2 nitrogen and oxygen atoms in total. The highest BCUT2D eigenvalue weighted by molar-refractivity contribution is 6.19. The van der Waals surface area contributed by atoms with Crippen molar-refractivity contribution in [3.05, 3.63) is 30.1 Å². The number of benzene rings is 1. The van der Waals surface area contributed by atoms with E-state index in [2.05, 4.69) is 4.98 Å². The summed E-state index contributed by atoms with van der Waals surface area (Å²) >= 11 is 5.33. The minimum atomic E-state index is -1.54. The molecule has 0 radical (unpaired) electrons. The van der Waals surface area contributed by atoms with Gasteiger partial charge in [-0.3, -0.25) is 0 Å². The normalized spacial score (nSPS) is 13.5. The van der Waals surface area contributed by atoms with E-state index >= 15 is 0 Å². The van der Waals surface area contributed by atoms with Crippen molar-refractivity contribution < 1.29 is 4.39 Å². The summed E-state index contributed by atoms with van der Waals surface area (Å²) in [7, 11) is 1.75. The van der Waals surface area contributed by atoms with Gasteiger partial charge in [-0.15, -0.1) is 0 Å². The molecule has 0 saturated carbocycles. The number of alkyl halides is 2. The average Bonchev–Trinajstić information content (AvgIpc) is 2.45. The maximum Gasteiger partial charge on any atom is 0.230 e. The maximum absolute atomic E-state index is 12.8. The molecule has 0 aliphatic carbocycles. The van der Waals surface area contributed by atoms with Gasteiger partial charge in [0.15, 0.2) is 5.82 Å². The topological polar surface area (TPSA) is 17.8 Å². The van der Waals surface area contributed by atoms with Crippen LogP contribution in [0, 0.1) is 0 Å². The van der Waals surface area contributed by atoms with Crippen LogP contribution >= 0.6 is 11.6 Å². The molecule has 1 unspecified atom stereocenters. The summed E-state index contributed by atoms with van der Waals surface area (Å²) in [6, 6.07) is 7.46. The van der Waals surface area contributed by atoms with Crippen molar-refractivity contribution in [2.45, 2.75) is 5.63 Å². The molecule has 0 N–H and O–H groups in total. The van der Waals surface area contributed by atoms with Crippen molar-refractivity contribution in [2.24, 2.45) is 7.05 Å². The summed E-state index contributed by atoms with van der Waals surface area (Å²) < 4.78 is 14.5. The third-order valence-electron chi connectivity index (χ3n) is 2.02. The van der Waals surface area contributed by atoms with Gasteiger partial charge in [-0.1, -0.05) is 23.7 Å². The van der Waals surface area contributed by atoms with E-state index in [1.165, 1.54) is 0 Å². The van der Waals surface area contributed by atoms with Crippen molar-refractivity contribution in [2.75, 3.05) is 0 Å². The number of aromatic nitrogens is 2. The second kappa shape index (κ2) is 3.00. The summed E-state index contributed by atoms with van der Waals surface area (Å²) in [5, 5.41) is 0. The van der Waals surface area contributed by atoms with Crippen molar-refractivity contribution in [3.63, 3.8) is 0 Å². The number of nitrogens with zero attached hydrogens (tertiary/aromatic N) is 2. The Morgan fingerprint density at radius 1 is 1.46 bits per heavy atom. The van der Waals surface area contributed by atoms with E-state index in [4.69, 9.17) is 11.6 Å². The number of para-hydroxylation sites is 2. The maximum atomic E-state index is 12.8. The molecule has 0 spiro atoms. The molecule has 4 heteroatoms. The first-order valence-electron chi connectivity index (χ1n) is 3.89. The lowest BCUT2D eigenvalue weighted by atomic mass is 10.3. The fraction of sp³-hybridized carbons (Fsp3) is 0.222. The minimum absolute atomic E-state index is 0.253. The molecule has 68 valence electrons. The number of halogens is 2. The van der Waals surface area contributed by atoms with Gasteiger partial charge < -0.3 is 4.57 Å². The largest absolute Gasteiger partial charge is 0.328 e. The first kappa shape index (κ1) is 8.51. The molecule has 2 aromatic rings. The zero-order chi connectivity index (χ0) is 9.42. The first-order valence-corrected chi connectivity index (χ1v) is 4.33. The predicted octanol–water partition coefficient (Wildman–Crippen LogP) is 2.78. The molecular weight excluding hydrogens is 191 g/mol. The van der Waals surface area contributed by atoms with E-state index in [0.29, 0.717) is 0 Å². The Balaban J connectivity index is 2.74. The number of imidazole rings is 1. The number of hydrogen-bond acceptors (Lipinski definition) is 1. The number of fused-ring (bicyclic) bond motifs is 1. The molecule has 1 atom stereocenters. The van der Waals surface area contributed by atoms with Gasteiger partial charge in [0.25, 0.3) is 0 Å². The highest BCUT2D eigenvalue weighted by Gasteiger charge is 2.13. The molecule has 0 amide bonds. The summed E-state index contributed by atoms with van der Waals surface area (Å²) in [6.45, 7) is 0. The van der Waals surface area contributed by atoms with E-state index in [9.17, 15) is 4.39 Å². The molecule has 13 heavy (non-hydrogen) atoms. The molecule has 0 aliphatic heterocycles. The third-order valence-corrected chi connectivity index (χ3v) is 2.21. The quantitative estimate of drug-likeness (QED) is 0.645. The third kappa shape index (κ3) is 1.29. The van der Waals surface area contributed by atoms with Crippen LogP contribution in [0.25, 0.3) is 11.0 Å². The molecule has 2 rings (SSSR count). The van der Waals surface area contributed by atoms with E-state index in [0.717, 1.165) is 11.0 Å². The zero-order valence-corrected chi connectivity index (χ0v) is 7.79. The number of hydrogen-bond donors (Lipinski definition) is 0. The van der Waals surface area contributed by atoms with E-state index in [1.54, 1.807) is 11.6 Å². The van der Waals surface area contributed by atoms with E-state index < -0.39 is 5.63 Å². The highest BCUT2D eigenvalue weighted by atomic mass is 35.5. The van der Waals surface area contributed by atoms with Crippen LogP contribution < -0.4 is 0 Å². The lowest BCUT2D eigenvalue weighted by Crippen LogP contribution is -1.96. The van der Waals surface area contributed by atoms with Crippen LogP contribution in [0.3, 0.4) is 0 Å². The molecule has 1 aromatic heterocycles. The lowest BCUT2D eigenvalue weighted by Gasteiger charge is -1.99. The van der Waals surface area contributed by atoms with E-state index in [-0.39, 0.29) is 5.82 Å². The molecule has 1 heterocycles. The predicted molar refractivity (Wildman–Crippen MR) is 50.4 cm³/mol. The van der Waals surface area contributed by atoms with Crippen molar-refractivity contribution in [1.29, 1.82) is 0 Å². The smallest absolute Gasteiger partial charge is 0.230 e. The molecule has 1 aromatic carbocycles. The summed E-state index contributed by atoms with van der Waals surface area (Å²) in [5.41, 5.74) is 0.112. The van der Waals surface area contributed by atoms with Gasteiger partial charge in [-0.2, -0.15) is 0 Å². The number of rotatable bonds is 1. The SMILES string of the molecule is Cn1c(C(F)Cl)nc2ccccc21. The van der Waals surface area contributed by atoms with Gasteiger partial charge in [0.2, 0.25) is 5.63 Å². The molecule has 0 saturated heterocycles. The molecular formula is C9H8ClFN2. The van der Waals surface area contributed by atoms with Crippen LogP contribution in [0.4, 0.5) is 4.39 Å². The second-order valence-electron chi connectivity index (χ2n) is 2.82. The van der Waals surface area contributed by atoms with Crippen LogP contribution in [-0.4, -0.2) is 9.55 Å². The van der Waals surface area contributed by atoms with Gasteiger partial charge >= 0.3 is 0 Å². The van der Waals surface area contributed by atoms with Crippen LogP contribution in [0.15, 0.2) is 24.3 Å². The Morgan fingerprint density at radius 2 is 2.15 bits per heavy atom. The van der Waals surface area contributed by atoms with Gasteiger partial charge in [-0.25, -0.2) is 9.37 Å². The Hall–Kier alpha value is -1.09. The van der Waals surface area contributed by atoms with Crippen LogP contribution in [0.2, 0.25) is 0 Å². The van der Waals surface area contributed by atoms with Crippen molar-refractivity contribution in [3.8, 4) is 0 Å². The monoisotopic (exact) mass is 198 g/mol. The molecule has 0 aliphatic rings. The number of aryl methyl sites for hydroxylation is 1. The Morgan fingerprint density at radius 3 is 2.77 bits per heavy atom. The van der Waals surface area contributed by atoms with Crippen molar-refractivity contribution >= 4 is 22.6 Å². The zero-order valence-electron chi connectivity index (χ0n) is 7.04. The lowest BCUT2D eigenvalue weighted by molar-refractivity contribution is 0.433. The summed E-state index contributed by atoms with van der Waals surface area (Å²) in [5.74, 6) is 0.253. The Labute approximate surface area is 80.0 Å². The van der Waals surface area contributed by atoms with Crippen LogP contribution in [0.5, 0.6) is 0 Å². The fourth-order valence-electron chi connectivity index (χ4n) is 1.36. The second-order valence-corrected chi connectivity index (χ2v) is 3.20. The van der Waals surface area contributed by atoms with Gasteiger partial charge in [0, 0.05) is 7.05 Å². The first-order chi connectivity index (χ1) is 6.20. The van der Waals surface area contributed by atoms with Gasteiger partial charge in [0.05, 0.1) is 11.0 Å². The summed E-state index contributed by atoms with van der Waals surface area (Å²) in [4.78, 5) is 4.07. The Bertz CT molecular complexity index is 436. The van der Waals surface area contributed by atoms with E-state index in [1.807, 2.05) is 24.3 Å². The fourth-order valence-corrected chi connectivity index (χ4v) is 1.55. The van der Waals surface area contributed by atoms with Crippen molar-refractivity contribution in [1.82, 2.24) is 9.55 Å². The highest BCUT2D eigenvalue weighted by Crippen LogP contribution is 2.24. The Kier molecular flexibility index (Phi) is 1.96. The molecule has 0 bridgehead atoms. The van der Waals surface area contributed by atoms with Crippen LogP contribution in [0.1, 0.15) is 11.5 Å². The van der Waals surface area contributed by atoms with Gasteiger partial charge in [0.1, 0.15) is 0 Å². The average molecular weight is 199 g/mol. The standard InChI is InChI=1S/C9H8ClFN2/c1-13-7-5-3-2-4-6(7)12-9(13)8(10)11/h2-5,8H,1H3. The minimum Gasteiger partial charge on any atom is -0.328 e. The van der Waals surface area contributed by atoms with Crippen LogP contribution in [-0.2, 0) is 7.05 Å². The summed E-state index contributed by atoms with van der Waals surface area (Å²) in [6.07, 6.45) is 0. The van der Waals surface area contributed by atoms with Gasteiger partial charge in [-0.05, 0) is 12.1 Å². The molecule has 0 fully saturated rings.